The van der Waals surface area contributed by atoms with Crippen molar-refractivity contribution in [3.8, 4) is 10.4 Å². The van der Waals surface area contributed by atoms with Crippen LogP contribution in [0.4, 0.5) is 0 Å². The highest BCUT2D eigenvalue weighted by atomic mass is 32.1. The highest BCUT2D eigenvalue weighted by Gasteiger charge is 2.47. The summed E-state index contributed by atoms with van der Waals surface area (Å²) in [6, 6.07) is 7.02. The molecule has 8 heteroatoms. The van der Waals surface area contributed by atoms with Gasteiger partial charge in [-0.3, -0.25) is 14.4 Å². The molecule has 1 aromatic carbocycles. The lowest BCUT2D eigenvalue weighted by Gasteiger charge is -2.34. The molecule has 7 nitrogen and oxygen atoms in total. The average Bonchev–Trinajstić information content (AvgIpc) is 3.41. The van der Waals surface area contributed by atoms with Crippen LogP contribution in [0, 0.1) is 30.1 Å². The number of aryl methyl sites for hydroxylation is 1. The molecule has 1 aliphatic rings. The third-order valence-electron chi connectivity index (χ3n) is 6.98. The molecular weight excluding hydrogens is 474 g/mol. The summed E-state index contributed by atoms with van der Waals surface area (Å²) in [6.07, 6.45) is -0.278. The monoisotopic (exact) mass is 513 g/mol. The Labute approximate surface area is 218 Å². The number of aliphatic hydroxyl groups excluding tert-OH is 1. The topological polar surface area (TPSA) is 108 Å². The quantitative estimate of drug-likeness (QED) is 0.484. The second-order valence-corrected chi connectivity index (χ2v) is 12.2. The Morgan fingerprint density at radius 3 is 2.17 bits per heavy atom. The fourth-order valence-electron chi connectivity index (χ4n) is 4.76. The van der Waals surface area contributed by atoms with E-state index in [0.717, 1.165) is 21.7 Å². The summed E-state index contributed by atoms with van der Waals surface area (Å²) < 4.78 is 0. The lowest BCUT2D eigenvalue weighted by atomic mass is 9.77. The second kappa shape index (κ2) is 11.2. The molecule has 1 saturated carbocycles. The fourth-order valence-corrected chi connectivity index (χ4v) is 5.57. The highest BCUT2D eigenvalue weighted by molar-refractivity contribution is 7.13. The SMILES string of the molecule is Cc1ncsc1-c1ccc([C@H](C)NC(=O)[C@@H]2C[C@@H](O)CC2C(=O)[C@@H](NC(=O)C(C)C)C(C)(C)C)cc1. The molecule has 196 valence electrons. The standard InChI is InChI=1S/C28H39N3O4S/c1-15(2)26(34)31-25(28(5,6)7)23(33)21-12-20(32)13-22(21)27(35)30-16(3)18-8-10-19(11-9-18)24-17(4)29-14-36-24/h8-11,14-16,20-22,25,32H,12-13H2,1-7H3,(H,30,35)(H,31,34)/t16-,20-,21?,22+,25+/m0/s1. The van der Waals surface area contributed by atoms with Crippen LogP contribution in [0.1, 0.15) is 71.7 Å². The van der Waals surface area contributed by atoms with E-state index in [0.29, 0.717) is 0 Å². The molecule has 0 radical (unpaired) electrons. The van der Waals surface area contributed by atoms with Gasteiger partial charge < -0.3 is 15.7 Å². The van der Waals surface area contributed by atoms with Gasteiger partial charge in [0.05, 0.1) is 40.2 Å². The highest BCUT2D eigenvalue weighted by Crippen LogP contribution is 2.37. The molecule has 2 aromatic rings. The van der Waals surface area contributed by atoms with Crippen molar-refractivity contribution in [2.24, 2.45) is 23.2 Å². The van der Waals surface area contributed by atoms with Gasteiger partial charge in [-0.05, 0) is 43.2 Å². The molecule has 1 unspecified atom stereocenters. The van der Waals surface area contributed by atoms with Crippen LogP contribution < -0.4 is 10.6 Å². The molecule has 1 heterocycles. The van der Waals surface area contributed by atoms with Crippen molar-refractivity contribution in [2.75, 3.05) is 0 Å². The molecule has 0 bridgehead atoms. The maximum atomic E-state index is 13.6. The third-order valence-corrected chi connectivity index (χ3v) is 7.96. The first-order chi connectivity index (χ1) is 16.8. The Hall–Kier alpha value is -2.58. The molecule has 1 aromatic heterocycles. The zero-order valence-electron chi connectivity index (χ0n) is 22.3. The van der Waals surface area contributed by atoms with Crippen LogP contribution in [0.5, 0.6) is 0 Å². The molecular formula is C28H39N3O4S. The van der Waals surface area contributed by atoms with Crippen molar-refractivity contribution in [1.82, 2.24) is 15.6 Å². The molecule has 3 rings (SSSR count). The van der Waals surface area contributed by atoms with Crippen molar-refractivity contribution in [1.29, 1.82) is 0 Å². The lowest BCUT2D eigenvalue weighted by molar-refractivity contribution is -0.137. The summed E-state index contributed by atoms with van der Waals surface area (Å²) in [7, 11) is 0. The maximum absolute atomic E-state index is 13.6. The maximum Gasteiger partial charge on any atom is 0.224 e. The fraction of sp³-hybridized carbons (Fsp3) is 0.571. The van der Waals surface area contributed by atoms with E-state index in [9.17, 15) is 19.5 Å². The first-order valence-electron chi connectivity index (χ1n) is 12.6. The second-order valence-electron chi connectivity index (χ2n) is 11.3. The van der Waals surface area contributed by atoms with Crippen molar-refractivity contribution >= 4 is 28.9 Å². The Morgan fingerprint density at radius 2 is 1.64 bits per heavy atom. The van der Waals surface area contributed by atoms with Gasteiger partial charge in [-0.15, -0.1) is 11.3 Å². The minimum Gasteiger partial charge on any atom is -0.393 e. The Morgan fingerprint density at radius 1 is 1.03 bits per heavy atom. The Bertz CT molecular complexity index is 1090. The van der Waals surface area contributed by atoms with Crippen LogP contribution in [-0.2, 0) is 14.4 Å². The molecule has 36 heavy (non-hydrogen) atoms. The number of amides is 2. The summed E-state index contributed by atoms with van der Waals surface area (Å²) in [5.41, 5.74) is 4.32. The summed E-state index contributed by atoms with van der Waals surface area (Å²) >= 11 is 1.59. The molecule has 1 fully saturated rings. The number of aromatic nitrogens is 1. The first kappa shape index (κ1) is 28.0. The number of nitrogens with zero attached hydrogens (tertiary/aromatic N) is 1. The Kier molecular flexibility index (Phi) is 8.72. The zero-order valence-corrected chi connectivity index (χ0v) is 23.1. The number of hydrogen-bond donors (Lipinski definition) is 3. The van der Waals surface area contributed by atoms with Crippen molar-refractivity contribution in [3.05, 3.63) is 41.0 Å². The van der Waals surface area contributed by atoms with Crippen LogP contribution in [0.25, 0.3) is 10.4 Å². The predicted octanol–water partition coefficient (Wildman–Crippen LogP) is 4.44. The van der Waals surface area contributed by atoms with Crippen LogP contribution >= 0.6 is 11.3 Å². The van der Waals surface area contributed by atoms with E-state index in [2.05, 4.69) is 15.6 Å². The smallest absolute Gasteiger partial charge is 0.224 e. The number of aliphatic hydroxyl groups is 1. The van der Waals surface area contributed by atoms with E-state index < -0.39 is 29.4 Å². The van der Waals surface area contributed by atoms with Crippen LogP contribution in [-0.4, -0.2) is 39.8 Å². The third kappa shape index (κ3) is 6.40. The molecule has 0 spiro atoms. The summed E-state index contributed by atoms with van der Waals surface area (Å²) in [4.78, 5) is 44.8. The van der Waals surface area contributed by atoms with Gasteiger partial charge >= 0.3 is 0 Å². The van der Waals surface area contributed by atoms with Gasteiger partial charge in [0.15, 0.2) is 5.78 Å². The van der Waals surface area contributed by atoms with E-state index in [-0.39, 0.29) is 42.4 Å². The van der Waals surface area contributed by atoms with Crippen molar-refractivity contribution in [2.45, 2.75) is 79.5 Å². The van der Waals surface area contributed by atoms with Crippen LogP contribution in [0.15, 0.2) is 29.8 Å². The van der Waals surface area contributed by atoms with Gasteiger partial charge in [-0.2, -0.15) is 0 Å². The minimum absolute atomic E-state index is 0.190. The molecule has 3 N–H and O–H groups in total. The molecule has 0 aliphatic heterocycles. The predicted molar refractivity (Wildman–Crippen MR) is 142 cm³/mol. The normalized spacial score (nSPS) is 21.8. The number of benzene rings is 1. The molecule has 0 saturated heterocycles. The number of thiazole rings is 1. The van der Waals surface area contributed by atoms with E-state index in [4.69, 9.17) is 0 Å². The van der Waals surface area contributed by atoms with Gasteiger partial charge in [0.25, 0.3) is 0 Å². The first-order valence-corrected chi connectivity index (χ1v) is 13.5. The largest absolute Gasteiger partial charge is 0.393 e. The van der Waals surface area contributed by atoms with E-state index >= 15 is 0 Å². The summed E-state index contributed by atoms with van der Waals surface area (Å²) in [5.74, 6) is -2.19. The minimum atomic E-state index is -0.738. The summed E-state index contributed by atoms with van der Waals surface area (Å²) in [5, 5.41) is 16.3. The summed E-state index contributed by atoms with van der Waals surface area (Å²) in [6.45, 7) is 13.1. The number of Topliss-reactive ketones (excluding diaryl/α,β-unsaturated/α-hetero) is 1. The molecule has 1 aliphatic carbocycles. The Balaban J connectivity index is 1.73. The number of carbonyl (C=O) groups excluding carboxylic acids is 3. The molecule has 5 atom stereocenters. The number of ketones is 1. The molecule has 2 amide bonds. The van der Waals surface area contributed by atoms with Crippen LogP contribution in [0.3, 0.4) is 0 Å². The number of carbonyl (C=O) groups is 3. The van der Waals surface area contributed by atoms with Crippen molar-refractivity contribution in [3.63, 3.8) is 0 Å². The van der Waals surface area contributed by atoms with Gasteiger partial charge in [-0.25, -0.2) is 4.98 Å². The van der Waals surface area contributed by atoms with Crippen LogP contribution in [0.2, 0.25) is 0 Å². The van der Waals surface area contributed by atoms with E-state index in [1.807, 2.05) is 64.4 Å². The van der Waals surface area contributed by atoms with Gasteiger partial charge in [0, 0.05) is 11.8 Å². The van der Waals surface area contributed by atoms with Gasteiger partial charge in [0.2, 0.25) is 11.8 Å². The average molecular weight is 514 g/mol. The van der Waals surface area contributed by atoms with Crippen molar-refractivity contribution < 1.29 is 19.5 Å². The number of nitrogens with one attached hydrogen (secondary N) is 2. The van der Waals surface area contributed by atoms with E-state index in [1.54, 1.807) is 25.2 Å². The van der Waals surface area contributed by atoms with Gasteiger partial charge in [-0.1, -0.05) is 58.9 Å². The van der Waals surface area contributed by atoms with E-state index in [1.165, 1.54) is 0 Å². The zero-order chi connectivity index (χ0) is 26.8. The number of rotatable bonds is 8. The lowest BCUT2D eigenvalue weighted by Crippen LogP contribution is -2.53. The van der Waals surface area contributed by atoms with Gasteiger partial charge in [0.1, 0.15) is 0 Å². The number of hydrogen-bond acceptors (Lipinski definition) is 6.